The van der Waals surface area contributed by atoms with Gasteiger partial charge >= 0.3 is 0 Å². The van der Waals surface area contributed by atoms with Gasteiger partial charge in [-0.25, -0.2) is 4.98 Å². The summed E-state index contributed by atoms with van der Waals surface area (Å²) in [6.45, 7) is 6.71. The molecular weight excluding hydrogens is 216 g/mol. The third-order valence-electron chi connectivity index (χ3n) is 2.88. The maximum absolute atomic E-state index is 12.2. The molecule has 1 aliphatic rings. The smallest absolute Gasteiger partial charge is 0.272 e. The first-order valence-electron chi connectivity index (χ1n) is 6.02. The number of morpholine rings is 1. The summed E-state index contributed by atoms with van der Waals surface area (Å²) in [5.74, 6) is 0.350. The second-order valence-electron chi connectivity index (χ2n) is 4.51. The van der Waals surface area contributed by atoms with Crippen LogP contribution in [-0.2, 0) is 4.74 Å². The Labute approximate surface area is 102 Å². The molecule has 1 aromatic heterocycles. The van der Waals surface area contributed by atoms with Crippen molar-refractivity contribution < 1.29 is 9.53 Å². The lowest BCUT2D eigenvalue weighted by atomic mass is 10.1. The highest BCUT2D eigenvalue weighted by atomic mass is 16.5. The minimum Gasteiger partial charge on any atom is -0.378 e. The van der Waals surface area contributed by atoms with Gasteiger partial charge in [-0.2, -0.15) is 0 Å². The van der Waals surface area contributed by atoms with Gasteiger partial charge in [0.1, 0.15) is 5.69 Å². The van der Waals surface area contributed by atoms with Crippen molar-refractivity contribution in [2.75, 3.05) is 26.3 Å². The van der Waals surface area contributed by atoms with Crippen molar-refractivity contribution in [3.63, 3.8) is 0 Å². The van der Waals surface area contributed by atoms with E-state index >= 15 is 0 Å². The van der Waals surface area contributed by atoms with Gasteiger partial charge in [0, 0.05) is 18.8 Å². The molecule has 4 nitrogen and oxygen atoms in total. The van der Waals surface area contributed by atoms with Gasteiger partial charge in [-0.1, -0.05) is 19.9 Å². The van der Waals surface area contributed by atoms with E-state index < -0.39 is 0 Å². The first-order valence-corrected chi connectivity index (χ1v) is 6.02. The number of rotatable bonds is 2. The summed E-state index contributed by atoms with van der Waals surface area (Å²) in [4.78, 5) is 18.4. The Balaban J connectivity index is 2.15. The minimum absolute atomic E-state index is 0.0100. The topological polar surface area (TPSA) is 42.4 Å². The molecule has 0 aliphatic carbocycles. The van der Waals surface area contributed by atoms with Crippen LogP contribution in [0.1, 0.15) is 35.9 Å². The maximum atomic E-state index is 12.2. The van der Waals surface area contributed by atoms with Gasteiger partial charge in [-0.3, -0.25) is 4.79 Å². The lowest BCUT2D eigenvalue weighted by Crippen LogP contribution is -2.41. The largest absolute Gasteiger partial charge is 0.378 e. The van der Waals surface area contributed by atoms with Crippen LogP contribution in [0.5, 0.6) is 0 Å². The number of hydrogen-bond donors (Lipinski definition) is 0. The molecular formula is C13H18N2O2. The second-order valence-corrected chi connectivity index (χ2v) is 4.51. The van der Waals surface area contributed by atoms with Crippen molar-refractivity contribution in [1.82, 2.24) is 9.88 Å². The van der Waals surface area contributed by atoms with Crippen LogP contribution in [0.25, 0.3) is 0 Å². The van der Waals surface area contributed by atoms with Crippen molar-refractivity contribution in [3.8, 4) is 0 Å². The highest BCUT2D eigenvalue weighted by Crippen LogP contribution is 2.13. The quantitative estimate of drug-likeness (QED) is 0.782. The van der Waals surface area contributed by atoms with E-state index in [9.17, 15) is 4.79 Å². The molecule has 0 unspecified atom stereocenters. The molecule has 2 heterocycles. The van der Waals surface area contributed by atoms with Crippen LogP contribution in [0.15, 0.2) is 18.2 Å². The zero-order chi connectivity index (χ0) is 12.3. The third-order valence-corrected chi connectivity index (χ3v) is 2.88. The van der Waals surface area contributed by atoms with E-state index in [4.69, 9.17) is 4.74 Å². The molecule has 1 aromatic rings. The van der Waals surface area contributed by atoms with Crippen LogP contribution in [0, 0.1) is 0 Å². The third kappa shape index (κ3) is 2.82. The minimum atomic E-state index is 0.0100. The number of pyridine rings is 1. The molecule has 0 spiro atoms. The first-order chi connectivity index (χ1) is 8.18. The predicted octanol–water partition coefficient (Wildman–Crippen LogP) is 1.68. The van der Waals surface area contributed by atoms with Crippen LogP contribution in [0.4, 0.5) is 0 Å². The van der Waals surface area contributed by atoms with Crippen molar-refractivity contribution in [2.24, 2.45) is 0 Å². The summed E-state index contributed by atoms with van der Waals surface area (Å²) in [6, 6.07) is 5.64. The molecule has 2 rings (SSSR count). The van der Waals surface area contributed by atoms with Gasteiger partial charge in [-0.05, 0) is 18.1 Å². The normalized spacial score (nSPS) is 16.3. The number of carbonyl (C=O) groups is 1. The SMILES string of the molecule is CC(C)c1cccc(C(=O)N2CCOCC2)n1. The monoisotopic (exact) mass is 234 g/mol. The first kappa shape index (κ1) is 12.0. The standard InChI is InChI=1S/C13H18N2O2/c1-10(2)11-4-3-5-12(14-11)13(16)15-6-8-17-9-7-15/h3-5,10H,6-9H2,1-2H3. The molecule has 0 radical (unpaired) electrons. The van der Waals surface area contributed by atoms with E-state index in [1.165, 1.54) is 0 Å². The molecule has 0 aromatic carbocycles. The van der Waals surface area contributed by atoms with Crippen molar-refractivity contribution in [1.29, 1.82) is 0 Å². The van der Waals surface area contributed by atoms with Crippen molar-refractivity contribution in [3.05, 3.63) is 29.6 Å². The van der Waals surface area contributed by atoms with E-state index in [1.54, 1.807) is 11.0 Å². The van der Waals surface area contributed by atoms with E-state index in [0.29, 0.717) is 37.9 Å². The van der Waals surface area contributed by atoms with Gasteiger partial charge in [0.15, 0.2) is 0 Å². The second kappa shape index (κ2) is 5.27. The Kier molecular flexibility index (Phi) is 3.74. The van der Waals surface area contributed by atoms with E-state index in [0.717, 1.165) is 5.69 Å². The molecule has 4 heteroatoms. The molecule has 17 heavy (non-hydrogen) atoms. The molecule has 1 aliphatic heterocycles. The Hall–Kier alpha value is -1.42. The Bertz CT molecular complexity index is 398. The Morgan fingerprint density at radius 3 is 2.71 bits per heavy atom. The number of ether oxygens (including phenoxy) is 1. The maximum Gasteiger partial charge on any atom is 0.272 e. The van der Waals surface area contributed by atoms with Crippen LogP contribution in [-0.4, -0.2) is 42.1 Å². The van der Waals surface area contributed by atoms with Gasteiger partial charge in [0.05, 0.1) is 13.2 Å². The zero-order valence-electron chi connectivity index (χ0n) is 10.3. The van der Waals surface area contributed by atoms with E-state index in [-0.39, 0.29) is 5.91 Å². The van der Waals surface area contributed by atoms with E-state index in [2.05, 4.69) is 18.8 Å². The average Bonchev–Trinajstić information content (AvgIpc) is 2.39. The highest BCUT2D eigenvalue weighted by molar-refractivity contribution is 5.92. The number of nitrogens with zero attached hydrogens (tertiary/aromatic N) is 2. The fourth-order valence-corrected chi connectivity index (χ4v) is 1.82. The Morgan fingerprint density at radius 2 is 2.06 bits per heavy atom. The van der Waals surface area contributed by atoms with E-state index in [1.807, 2.05) is 12.1 Å². The molecule has 92 valence electrons. The molecule has 1 amide bonds. The lowest BCUT2D eigenvalue weighted by molar-refractivity contribution is 0.0299. The van der Waals surface area contributed by atoms with Gasteiger partial charge in [0.25, 0.3) is 5.91 Å². The number of hydrogen-bond acceptors (Lipinski definition) is 3. The Morgan fingerprint density at radius 1 is 1.35 bits per heavy atom. The van der Waals surface area contributed by atoms with Crippen molar-refractivity contribution in [2.45, 2.75) is 19.8 Å². The van der Waals surface area contributed by atoms with Crippen molar-refractivity contribution >= 4 is 5.91 Å². The summed E-state index contributed by atoms with van der Waals surface area (Å²) in [5, 5.41) is 0. The molecule has 0 bridgehead atoms. The molecule has 0 N–H and O–H groups in total. The van der Waals surface area contributed by atoms with Gasteiger partial charge in [0.2, 0.25) is 0 Å². The van der Waals surface area contributed by atoms with Gasteiger partial charge < -0.3 is 9.64 Å². The molecule has 0 saturated carbocycles. The predicted molar refractivity (Wildman–Crippen MR) is 65.0 cm³/mol. The lowest BCUT2D eigenvalue weighted by Gasteiger charge is -2.26. The summed E-state index contributed by atoms with van der Waals surface area (Å²) < 4.78 is 5.23. The summed E-state index contributed by atoms with van der Waals surface area (Å²) in [7, 11) is 0. The number of amides is 1. The summed E-state index contributed by atoms with van der Waals surface area (Å²) >= 11 is 0. The molecule has 1 saturated heterocycles. The number of carbonyl (C=O) groups excluding carboxylic acids is 1. The van der Waals surface area contributed by atoms with Gasteiger partial charge in [-0.15, -0.1) is 0 Å². The summed E-state index contributed by atoms with van der Waals surface area (Å²) in [6.07, 6.45) is 0. The van der Waals surface area contributed by atoms with Crippen LogP contribution < -0.4 is 0 Å². The fraction of sp³-hybridized carbons (Fsp3) is 0.538. The summed E-state index contributed by atoms with van der Waals surface area (Å²) in [5.41, 5.74) is 1.50. The molecule has 1 fully saturated rings. The van der Waals surface area contributed by atoms with Crippen LogP contribution >= 0.6 is 0 Å². The fourth-order valence-electron chi connectivity index (χ4n) is 1.82. The zero-order valence-corrected chi connectivity index (χ0v) is 10.3. The highest BCUT2D eigenvalue weighted by Gasteiger charge is 2.19. The number of aromatic nitrogens is 1. The molecule has 0 atom stereocenters. The van der Waals surface area contributed by atoms with Crippen LogP contribution in [0.2, 0.25) is 0 Å². The van der Waals surface area contributed by atoms with Crippen LogP contribution in [0.3, 0.4) is 0 Å². The average molecular weight is 234 g/mol.